The lowest BCUT2D eigenvalue weighted by molar-refractivity contribution is -0.384. The SMILES string of the molecule is Cc1cccc(S(=O)(=O)Nc2ccc([N+](=O)[O-])cc2)c1. The first-order valence-electron chi connectivity index (χ1n) is 5.72. The van der Waals surface area contributed by atoms with E-state index in [0.29, 0.717) is 0 Å². The van der Waals surface area contributed by atoms with Gasteiger partial charge in [0, 0.05) is 17.8 Å². The lowest BCUT2D eigenvalue weighted by atomic mass is 10.2. The molecular weight excluding hydrogens is 280 g/mol. The molecule has 7 heteroatoms. The van der Waals surface area contributed by atoms with Gasteiger partial charge in [-0.15, -0.1) is 0 Å². The number of nitrogens with one attached hydrogen (secondary N) is 1. The minimum Gasteiger partial charge on any atom is -0.280 e. The molecule has 0 bridgehead atoms. The molecule has 0 saturated carbocycles. The first kappa shape index (κ1) is 14.0. The molecule has 0 fully saturated rings. The standard InChI is InChI=1S/C13H12N2O4S/c1-10-3-2-4-13(9-10)20(18,19)14-11-5-7-12(8-6-11)15(16)17/h2-9,14H,1H3. The lowest BCUT2D eigenvalue weighted by Crippen LogP contribution is -2.12. The number of nitro groups is 1. The highest BCUT2D eigenvalue weighted by atomic mass is 32.2. The van der Waals surface area contributed by atoms with Crippen LogP contribution in [0.25, 0.3) is 0 Å². The monoisotopic (exact) mass is 292 g/mol. The molecule has 0 aromatic heterocycles. The summed E-state index contributed by atoms with van der Waals surface area (Å²) in [6.45, 7) is 1.80. The minimum absolute atomic E-state index is 0.0940. The number of hydrogen-bond donors (Lipinski definition) is 1. The van der Waals surface area contributed by atoms with Crippen molar-refractivity contribution >= 4 is 21.4 Å². The molecule has 6 nitrogen and oxygen atoms in total. The average Bonchev–Trinajstić information content (AvgIpc) is 2.39. The van der Waals surface area contributed by atoms with E-state index in [9.17, 15) is 18.5 Å². The molecule has 20 heavy (non-hydrogen) atoms. The number of sulfonamides is 1. The van der Waals surface area contributed by atoms with Gasteiger partial charge in [0.15, 0.2) is 0 Å². The summed E-state index contributed by atoms with van der Waals surface area (Å²) in [6.07, 6.45) is 0. The van der Waals surface area contributed by atoms with E-state index in [-0.39, 0.29) is 16.3 Å². The zero-order valence-corrected chi connectivity index (χ0v) is 11.4. The zero-order chi connectivity index (χ0) is 14.8. The van der Waals surface area contributed by atoms with Crippen LogP contribution in [0.15, 0.2) is 53.4 Å². The van der Waals surface area contributed by atoms with Gasteiger partial charge in [0.25, 0.3) is 15.7 Å². The summed E-state index contributed by atoms with van der Waals surface area (Å²) in [5.74, 6) is 0. The van der Waals surface area contributed by atoms with Crippen molar-refractivity contribution in [2.45, 2.75) is 11.8 Å². The molecule has 1 N–H and O–H groups in total. The van der Waals surface area contributed by atoms with E-state index in [0.717, 1.165) is 5.56 Å². The van der Waals surface area contributed by atoms with Gasteiger partial charge in [-0.2, -0.15) is 0 Å². The van der Waals surface area contributed by atoms with E-state index < -0.39 is 14.9 Å². The maximum atomic E-state index is 12.1. The van der Waals surface area contributed by atoms with Crippen molar-refractivity contribution in [3.63, 3.8) is 0 Å². The number of anilines is 1. The second kappa shape index (κ2) is 5.30. The topological polar surface area (TPSA) is 89.3 Å². The summed E-state index contributed by atoms with van der Waals surface area (Å²) in [7, 11) is -3.69. The predicted octanol–water partition coefficient (Wildman–Crippen LogP) is 2.70. The van der Waals surface area contributed by atoms with E-state index in [4.69, 9.17) is 0 Å². The van der Waals surface area contributed by atoms with Crippen LogP contribution in [-0.2, 0) is 10.0 Å². The largest absolute Gasteiger partial charge is 0.280 e. The van der Waals surface area contributed by atoms with Crippen molar-refractivity contribution in [3.8, 4) is 0 Å². The first-order valence-corrected chi connectivity index (χ1v) is 7.21. The number of aryl methyl sites for hydroxylation is 1. The molecule has 0 aliphatic carbocycles. The third-order valence-electron chi connectivity index (χ3n) is 2.63. The first-order chi connectivity index (χ1) is 9.38. The minimum atomic E-state index is -3.69. The lowest BCUT2D eigenvalue weighted by Gasteiger charge is -2.08. The highest BCUT2D eigenvalue weighted by Crippen LogP contribution is 2.19. The van der Waals surface area contributed by atoms with E-state index >= 15 is 0 Å². The summed E-state index contributed by atoms with van der Waals surface area (Å²) in [6, 6.07) is 11.7. The maximum Gasteiger partial charge on any atom is 0.269 e. The van der Waals surface area contributed by atoms with Crippen LogP contribution in [0.4, 0.5) is 11.4 Å². The van der Waals surface area contributed by atoms with Crippen molar-refractivity contribution in [1.82, 2.24) is 0 Å². The number of non-ortho nitro benzene ring substituents is 1. The molecule has 0 saturated heterocycles. The van der Waals surface area contributed by atoms with Gasteiger partial charge in [0.05, 0.1) is 9.82 Å². The highest BCUT2D eigenvalue weighted by Gasteiger charge is 2.14. The van der Waals surface area contributed by atoms with Crippen LogP contribution in [0.2, 0.25) is 0 Å². The molecule has 0 radical (unpaired) electrons. The Labute approximate surface area is 116 Å². The summed E-state index contributed by atoms with van der Waals surface area (Å²) >= 11 is 0. The molecule has 0 heterocycles. The number of benzene rings is 2. The van der Waals surface area contributed by atoms with Gasteiger partial charge in [0.2, 0.25) is 0 Å². The fourth-order valence-corrected chi connectivity index (χ4v) is 2.81. The molecule has 0 amide bonds. The molecular formula is C13H12N2O4S. The average molecular weight is 292 g/mol. The molecule has 0 aliphatic heterocycles. The van der Waals surface area contributed by atoms with Crippen LogP contribution in [0.5, 0.6) is 0 Å². The van der Waals surface area contributed by atoms with Gasteiger partial charge >= 0.3 is 0 Å². The third-order valence-corrected chi connectivity index (χ3v) is 4.01. The van der Waals surface area contributed by atoms with E-state index in [2.05, 4.69) is 4.72 Å². The fraction of sp³-hybridized carbons (Fsp3) is 0.0769. The molecule has 2 aromatic rings. The number of hydrogen-bond acceptors (Lipinski definition) is 4. The summed E-state index contributed by atoms with van der Waals surface area (Å²) in [5.41, 5.74) is 1.01. The van der Waals surface area contributed by atoms with Crippen LogP contribution < -0.4 is 4.72 Å². The van der Waals surface area contributed by atoms with Crippen molar-refractivity contribution in [2.24, 2.45) is 0 Å². The highest BCUT2D eigenvalue weighted by molar-refractivity contribution is 7.92. The van der Waals surface area contributed by atoms with Gasteiger partial charge in [-0.05, 0) is 36.8 Å². The smallest absolute Gasteiger partial charge is 0.269 e. The molecule has 2 aromatic carbocycles. The van der Waals surface area contributed by atoms with Gasteiger partial charge < -0.3 is 0 Å². The van der Waals surface area contributed by atoms with Crippen molar-refractivity contribution in [3.05, 3.63) is 64.2 Å². The molecule has 104 valence electrons. The quantitative estimate of drug-likeness (QED) is 0.693. The van der Waals surface area contributed by atoms with Crippen LogP contribution in [-0.4, -0.2) is 13.3 Å². The van der Waals surface area contributed by atoms with Crippen LogP contribution in [0.1, 0.15) is 5.56 Å². The molecule has 0 spiro atoms. The normalized spacial score (nSPS) is 11.1. The van der Waals surface area contributed by atoms with Crippen molar-refractivity contribution in [2.75, 3.05) is 4.72 Å². The Balaban J connectivity index is 2.26. The number of nitrogens with zero attached hydrogens (tertiary/aromatic N) is 1. The van der Waals surface area contributed by atoms with Gasteiger partial charge in [-0.3, -0.25) is 14.8 Å². The Kier molecular flexibility index (Phi) is 3.71. The van der Waals surface area contributed by atoms with Gasteiger partial charge in [0.1, 0.15) is 0 Å². The molecule has 2 rings (SSSR count). The van der Waals surface area contributed by atoms with Crippen LogP contribution in [0, 0.1) is 17.0 Å². The third kappa shape index (κ3) is 3.12. The van der Waals surface area contributed by atoms with Crippen molar-refractivity contribution in [1.29, 1.82) is 0 Å². The van der Waals surface area contributed by atoms with E-state index in [1.165, 1.54) is 30.3 Å². The summed E-state index contributed by atoms with van der Waals surface area (Å²) < 4.78 is 26.6. The molecule has 0 unspecified atom stereocenters. The Bertz CT molecular complexity index is 739. The fourth-order valence-electron chi connectivity index (χ4n) is 1.65. The van der Waals surface area contributed by atoms with E-state index in [1.807, 2.05) is 0 Å². The summed E-state index contributed by atoms with van der Waals surface area (Å²) in [4.78, 5) is 10.1. The second-order valence-corrected chi connectivity index (χ2v) is 5.91. The Morgan fingerprint density at radius 3 is 2.30 bits per heavy atom. The Morgan fingerprint density at radius 2 is 1.75 bits per heavy atom. The van der Waals surface area contributed by atoms with E-state index in [1.54, 1.807) is 25.1 Å². The summed E-state index contributed by atoms with van der Waals surface area (Å²) in [5, 5.41) is 10.5. The van der Waals surface area contributed by atoms with Crippen LogP contribution in [0.3, 0.4) is 0 Å². The maximum absolute atomic E-state index is 12.1. The number of nitro benzene ring substituents is 1. The van der Waals surface area contributed by atoms with Gasteiger partial charge in [-0.1, -0.05) is 12.1 Å². The Morgan fingerprint density at radius 1 is 1.10 bits per heavy atom. The van der Waals surface area contributed by atoms with Gasteiger partial charge in [-0.25, -0.2) is 8.42 Å². The number of rotatable bonds is 4. The van der Waals surface area contributed by atoms with Crippen molar-refractivity contribution < 1.29 is 13.3 Å². The second-order valence-electron chi connectivity index (χ2n) is 4.23. The molecule has 0 aliphatic rings. The van der Waals surface area contributed by atoms with Crippen LogP contribution >= 0.6 is 0 Å². The Hall–Kier alpha value is -2.41. The molecule has 0 atom stereocenters. The predicted molar refractivity (Wildman–Crippen MR) is 75.1 cm³/mol. The zero-order valence-electron chi connectivity index (χ0n) is 10.6.